The second kappa shape index (κ2) is 7.88. The summed E-state index contributed by atoms with van der Waals surface area (Å²) in [5.74, 6) is 0.661. The number of hydrogen-bond acceptors (Lipinski definition) is 4. The number of nitrogens with one attached hydrogen (secondary N) is 1. The molecule has 1 atom stereocenters. The zero-order valence-corrected chi connectivity index (χ0v) is 14.9. The number of aromatic nitrogens is 3. The van der Waals surface area contributed by atoms with Gasteiger partial charge in [-0.2, -0.15) is 0 Å². The summed E-state index contributed by atoms with van der Waals surface area (Å²) in [5.41, 5.74) is 1.63. The molecule has 1 aromatic carbocycles. The van der Waals surface area contributed by atoms with Crippen molar-refractivity contribution in [3.63, 3.8) is 0 Å². The van der Waals surface area contributed by atoms with E-state index in [1.807, 2.05) is 31.2 Å². The first-order valence-corrected chi connectivity index (χ1v) is 9.81. The summed E-state index contributed by atoms with van der Waals surface area (Å²) in [6.45, 7) is 6.58. The van der Waals surface area contributed by atoms with Crippen LogP contribution in [-0.2, 0) is 16.6 Å². The van der Waals surface area contributed by atoms with E-state index in [9.17, 15) is 8.42 Å². The molecule has 1 N–H and O–H groups in total. The van der Waals surface area contributed by atoms with Crippen molar-refractivity contribution in [2.24, 2.45) is 5.92 Å². The van der Waals surface area contributed by atoms with E-state index in [0.29, 0.717) is 12.5 Å². The van der Waals surface area contributed by atoms with Gasteiger partial charge in [-0.25, -0.2) is 17.8 Å². The van der Waals surface area contributed by atoms with Gasteiger partial charge in [-0.15, -0.1) is 5.10 Å². The molecule has 0 amide bonds. The molecule has 0 spiro atoms. The molecule has 0 fully saturated rings. The van der Waals surface area contributed by atoms with Crippen LogP contribution < -0.4 is 4.72 Å². The van der Waals surface area contributed by atoms with E-state index in [1.54, 1.807) is 4.68 Å². The zero-order chi connectivity index (χ0) is 16.9. The number of nitrogens with zero attached hydrogens (tertiary/aromatic N) is 3. The molecule has 0 aliphatic heterocycles. The van der Waals surface area contributed by atoms with Crippen LogP contribution in [-0.4, -0.2) is 35.2 Å². The average Bonchev–Trinajstić information content (AvgIpc) is 2.87. The van der Waals surface area contributed by atoms with Crippen LogP contribution in [0.25, 0.3) is 11.0 Å². The smallest absolute Gasteiger partial charge is 0.213 e. The summed E-state index contributed by atoms with van der Waals surface area (Å²) in [6.07, 6.45) is 3.02. The molecule has 0 radical (unpaired) electrons. The van der Waals surface area contributed by atoms with Crippen molar-refractivity contribution >= 4 is 21.1 Å². The second-order valence-corrected chi connectivity index (χ2v) is 8.34. The molecule has 2 aromatic rings. The normalized spacial score (nSPS) is 13.7. The predicted molar refractivity (Wildman–Crippen MR) is 92.6 cm³/mol. The summed E-state index contributed by atoms with van der Waals surface area (Å²) >= 11 is 0. The Labute approximate surface area is 138 Å². The van der Waals surface area contributed by atoms with E-state index in [2.05, 4.69) is 28.9 Å². The van der Waals surface area contributed by atoms with Crippen LogP contribution >= 0.6 is 0 Å². The van der Waals surface area contributed by atoms with Crippen LogP contribution in [0.3, 0.4) is 0 Å². The largest absolute Gasteiger partial charge is 0.244 e. The topological polar surface area (TPSA) is 76.9 Å². The molecule has 6 nitrogen and oxygen atoms in total. The van der Waals surface area contributed by atoms with E-state index < -0.39 is 10.0 Å². The summed E-state index contributed by atoms with van der Waals surface area (Å²) in [5, 5.41) is 8.06. The third-order valence-corrected chi connectivity index (χ3v) is 5.27. The van der Waals surface area contributed by atoms with Gasteiger partial charge in [0.1, 0.15) is 5.52 Å². The lowest BCUT2D eigenvalue weighted by molar-refractivity contribution is 0.487. The van der Waals surface area contributed by atoms with Crippen molar-refractivity contribution in [2.75, 3.05) is 5.75 Å². The first-order chi connectivity index (χ1) is 10.9. The number of para-hydroxylation sites is 1. The Bertz CT molecular complexity index is 725. The van der Waals surface area contributed by atoms with E-state index in [-0.39, 0.29) is 11.8 Å². The van der Waals surface area contributed by atoms with Crippen molar-refractivity contribution < 1.29 is 8.42 Å². The van der Waals surface area contributed by atoms with Crippen molar-refractivity contribution in [2.45, 2.75) is 52.6 Å². The molecule has 23 heavy (non-hydrogen) atoms. The molecule has 0 aliphatic carbocycles. The second-order valence-electron chi connectivity index (χ2n) is 6.46. The summed E-state index contributed by atoms with van der Waals surface area (Å²) in [7, 11) is -3.31. The monoisotopic (exact) mass is 338 g/mol. The Morgan fingerprint density at radius 1 is 1.17 bits per heavy atom. The van der Waals surface area contributed by atoms with E-state index in [4.69, 9.17) is 0 Å². The van der Waals surface area contributed by atoms with Crippen molar-refractivity contribution in [1.82, 2.24) is 19.7 Å². The molecule has 2 rings (SSSR count). The van der Waals surface area contributed by atoms with Gasteiger partial charge in [0.25, 0.3) is 0 Å². The van der Waals surface area contributed by atoms with Gasteiger partial charge >= 0.3 is 0 Å². The number of fused-ring (bicyclic) bond motifs is 1. The summed E-state index contributed by atoms with van der Waals surface area (Å²) < 4.78 is 28.8. The van der Waals surface area contributed by atoms with Gasteiger partial charge in [0, 0.05) is 6.04 Å². The minimum absolute atomic E-state index is 0.00880. The van der Waals surface area contributed by atoms with Crippen LogP contribution in [0.2, 0.25) is 0 Å². The SMILES string of the molecule is CC(C)CCCC(C)NS(=O)(=O)CCn1nnc2ccccc21. The Morgan fingerprint density at radius 3 is 2.65 bits per heavy atom. The number of rotatable bonds is 9. The minimum Gasteiger partial charge on any atom is -0.244 e. The van der Waals surface area contributed by atoms with Crippen LogP contribution in [0, 0.1) is 5.92 Å². The Morgan fingerprint density at radius 2 is 1.91 bits per heavy atom. The Balaban J connectivity index is 1.86. The van der Waals surface area contributed by atoms with Crippen LogP contribution in [0.5, 0.6) is 0 Å². The lowest BCUT2D eigenvalue weighted by atomic mass is 10.0. The van der Waals surface area contributed by atoms with Gasteiger partial charge in [-0.1, -0.05) is 44.0 Å². The molecule has 1 aromatic heterocycles. The highest BCUT2D eigenvalue weighted by Crippen LogP contribution is 2.11. The average molecular weight is 338 g/mol. The Kier molecular flexibility index (Phi) is 6.12. The zero-order valence-electron chi connectivity index (χ0n) is 14.1. The third kappa shape index (κ3) is 5.58. The van der Waals surface area contributed by atoms with Gasteiger partial charge < -0.3 is 0 Å². The quantitative estimate of drug-likeness (QED) is 0.762. The van der Waals surface area contributed by atoms with Gasteiger partial charge in [-0.05, 0) is 31.4 Å². The molecule has 0 saturated heterocycles. The van der Waals surface area contributed by atoms with E-state index >= 15 is 0 Å². The predicted octanol–water partition coefficient (Wildman–Crippen LogP) is 2.57. The lowest BCUT2D eigenvalue weighted by Gasteiger charge is -2.14. The maximum atomic E-state index is 12.2. The molecule has 128 valence electrons. The fraction of sp³-hybridized carbons (Fsp3) is 0.625. The maximum Gasteiger partial charge on any atom is 0.213 e. The third-order valence-electron chi connectivity index (χ3n) is 3.79. The minimum atomic E-state index is -3.31. The molecule has 0 bridgehead atoms. The number of aryl methyl sites for hydroxylation is 1. The molecule has 1 heterocycles. The highest BCUT2D eigenvalue weighted by molar-refractivity contribution is 7.89. The molecular weight excluding hydrogens is 312 g/mol. The van der Waals surface area contributed by atoms with Crippen molar-refractivity contribution in [1.29, 1.82) is 0 Å². The highest BCUT2D eigenvalue weighted by atomic mass is 32.2. The summed E-state index contributed by atoms with van der Waals surface area (Å²) in [4.78, 5) is 0. The van der Waals surface area contributed by atoms with Crippen molar-refractivity contribution in [3.8, 4) is 0 Å². The number of benzene rings is 1. The van der Waals surface area contributed by atoms with E-state index in [0.717, 1.165) is 30.3 Å². The van der Waals surface area contributed by atoms with Gasteiger partial charge in [0.2, 0.25) is 10.0 Å². The van der Waals surface area contributed by atoms with Gasteiger partial charge in [0.15, 0.2) is 0 Å². The Hall–Kier alpha value is -1.47. The highest BCUT2D eigenvalue weighted by Gasteiger charge is 2.15. The fourth-order valence-electron chi connectivity index (χ4n) is 2.55. The molecule has 1 unspecified atom stereocenters. The number of sulfonamides is 1. The van der Waals surface area contributed by atoms with Crippen LogP contribution in [0.15, 0.2) is 24.3 Å². The molecule has 0 aliphatic rings. The van der Waals surface area contributed by atoms with Crippen LogP contribution in [0.4, 0.5) is 0 Å². The standard InChI is InChI=1S/C16H26N4O2S/c1-13(2)7-6-8-14(3)18-23(21,22)12-11-20-16-10-5-4-9-15(16)17-19-20/h4-5,9-10,13-14,18H,6-8,11-12H2,1-3H3. The van der Waals surface area contributed by atoms with Crippen LogP contribution in [0.1, 0.15) is 40.0 Å². The summed E-state index contributed by atoms with van der Waals surface area (Å²) in [6, 6.07) is 7.50. The maximum absolute atomic E-state index is 12.2. The number of hydrogen-bond donors (Lipinski definition) is 1. The fourth-order valence-corrected chi connectivity index (χ4v) is 3.81. The van der Waals surface area contributed by atoms with Crippen molar-refractivity contribution in [3.05, 3.63) is 24.3 Å². The van der Waals surface area contributed by atoms with Gasteiger partial charge in [0.05, 0.1) is 17.8 Å². The molecule has 7 heteroatoms. The first kappa shape index (κ1) is 17.9. The molecular formula is C16H26N4O2S. The first-order valence-electron chi connectivity index (χ1n) is 8.15. The lowest BCUT2D eigenvalue weighted by Crippen LogP contribution is -2.35. The van der Waals surface area contributed by atoms with E-state index in [1.165, 1.54) is 0 Å². The molecule has 0 saturated carbocycles. The van der Waals surface area contributed by atoms with Gasteiger partial charge in [-0.3, -0.25) is 0 Å².